The number of aliphatic hydroxyl groups is 1. The zero-order chi connectivity index (χ0) is 30.5. The zero-order valence-corrected chi connectivity index (χ0v) is 22.2. The molecule has 0 radical (unpaired) electrons. The Morgan fingerprint density at radius 3 is 2.12 bits per heavy atom. The van der Waals surface area contributed by atoms with Crippen molar-refractivity contribution >= 4 is 46.5 Å². The Morgan fingerprint density at radius 1 is 0.902 bits per heavy atom. The van der Waals surface area contributed by atoms with Crippen LogP contribution in [0.15, 0.2) is 35.5 Å². The maximum Gasteiger partial charge on any atom is 0.326 e. The maximum atomic E-state index is 13.3. The van der Waals surface area contributed by atoms with E-state index in [1.807, 2.05) is 18.2 Å². The number of benzene rings is 1. The number of amides is 3. The van der Waals surface area contributed by atoms with Gasteiger partial charge in [0, 0.05) is 36.5 Å². The second-order valence-electron chi connectivity index (χ2n) is 9.26. The Kier molecular flexibility index (Phi) is 12.5. The molecule has 0 fully saturated rings. The lowest BCUT2D eigenvalue weighted by atomic mass is 10.0. The van der Waals surface area contributed by atoms with Gasteiger partial charge in [-0.15, -0.1) is 0 Å². The van der Waals surface area contributed by atoms with Gasteiger partial charge in [-0.05, 0) is 30.9 Å². The topological polar surface area (TPSA) is 288 Å². The van der Waals surface area contributed by atoms with Crippen LogP contribution in [0, 0.1) is 0 Å². The van der Waals surface area contributed by atoms with Crippen LogP contribution in [-0.4, -0.2) is 93.2 Å². The molecule has 16 heteroatoms. The number of nitrogens with two attached hydrogens (primary N) is 3. The fourth-order valence-electron chi connectivity index (χ4n) is 3.94. The van der Waals surface area contributed by atoms with Crippen molar-refractivity contribution in [1.82, 2.24) is 20.9 Å². The van der Waals surface area contributed by atoms with Crippen molar-refractivity contribution in [3.05, 3.63) is 36.0 Å². The highest BCUT2D eigenvalue weighted by molar-refractivity contribution is 5.94. The number of aromatic nitrogens is 1. The number of aliphatic hydroxyl groups excluding tert-OH is 1. The molecule has 4 atom stereocenters. The molecule has 0 saturated heterocycles. The fraction of sp³-hybridized carbons (Fsp3) is 0.440. The van der Waals surface area contributed by atoms with Gasteiger partial charge in [0.15, 0.2) is 5.96 Å². The molecular weight excluding hydrogens is 540 g/mol. The number of aliphatic imine (C=N–C) groups is 1. The minimum Gasteiger partial charge on any atom is -0.481 e. The normalized spacial score (nSPS) is 13.8. The summed E-state index contributed by atoms with van der Waals surface area (Å²) in [5.74, 6) is -5.37. The second kappa shape index (κ2) is 15.8. The van der Waals surface area contributed by atoms with Crippen LogP contribution >= 0.6 is 0 Å². The Labute approximate surface area is 234 Å². The molecule has 16 nitrogen and oxygen atoms in total. The summed E-state index contributed by atoms with van der Waals surface area (Å²) < 4.78 is 0. The highest BCUT2D eigenvalue weighted by Gasteiger charge is 2.30. The summed E-state index contributed by atoms with van der Waals surface area (Å²) in [4.78, 5) is 68.6. The van der Waals surface area contributed by atoms with Crippen LogP contribution in [-0.2, 0) is 30.4 Å². The number of carboxylic acid groups (broad SMARTS) is 2. The SMILES string of the molecule is NC(N)=NCCCC(NC(=O)C(CCC(=O)O)NC(=O)C(N)CO)C(=O)NC(Cc1c[nH]c2ccccc12)C(=O)O. The molecule has 0 bridgehead atoms. The van der Waals surface area contributed by atoms with Crippen molar-refractivity contribution in [1.29, 1.82) is 0 Å². The molecule has 1 aromatic heterocycles. The number of aliphatic carboxylic acids is 2. The number of hydrogen-bond donors (Lipinski definition) is 10. The van der Waals surface area contributed by atoms with Gasteiger partial charge >= 0.3 is 11.9 Å². The number of nitrogens with one attached hydrogen (secondary N) is 4. The van der Waals surface area contributed by atoms with Crippen molar-refractivity contribution in [3.63, 3.8) is 0 Å². The molecule has 0 saturated carbocycles. The summed E-state index contributed by atoms with van der Waals surface area (Å²) >= 11 is 0. The number of carbonyl (C=O) groups excluding carboxylic acids is 3. The van der Waals surface area contributed by atoms with Crippen molar-refractivity contribution in [2.24, 2.45) is 22.2 Å². The summed E-state index contributed by atoms with van der Waals surface area (Å²) in [5, 5.41) is 35.9. The van der Waals surface area contributed by atoms with Gasteiger partial charge in [-0.3, -0.25) is 24.2 Å². The van der Waals surface area contributed by atoms with Gasteiger partial charge in [0.1, 0.15) is 24.2 Å². The molecule has 13 N–H and O–H groups in total. The third kappa shape index (κ3) is 10.4. The summed E-state index contributed by atoms with van der Waals surface area (Å²) in [5.41, 5.74) is 17.6. The van der Waals surface area contributed by atoms with Crippen molar-refractivity contribution < 1.29 is 39.3 Å². The molecule has 41 heavy (non-hydrogen) atoms. The first kappa shape index (κ1) is 32.5. The number of aromatic amines is 1. The van der Waals surface area contributed by atoms with Crippen LogP contribution in [0.2, 0.25) is 0 Å². The van der Waals surface area contributed by atoms with Crippen molar-refractivity contribution in [2.75, 3.05) is 13.2 Å². The Bertz CT molecular complexity index is 1260. The molecule has 0 spiro atoms. The summed E-state index contributed by atoms with van der Waals surface area (Å²) in [6.45, 7) is -0.619. The molecular formula is C25H36N8O8. The lowest BCUT2D eigenvalue weighted by molar-refractivity contribution is -0.142. The smallest absolute Gasteiger partial charge is 0.326 e. The minimum atomic E-state index is -1.41. The average molecular weight is 577 g/mol. The highest BCUT2D eigenvalue weighted by Crippen LogP contribution is 2.19. The molecule has 2 aromatic rings. The van der Waals surface area contributed by atoms with E-state index in [1.54, 1.807) is 12.3 Å². The van der Waals surface area contributed by atoms with Crippen LogP contribution < -0.4 is 33.2 Å². The van der Waals surface area contributed by atoms with Crippen LogP contribution in [0.1, 0.15) is 31.2 Å². The van der Waals surface area contributed by atoms with E-state index < -0.39 is 66.9 Å². The summed E-state index contributed by atoms with van der Waals surface area (Å²) in [6.07, 6.45) is 0.928. The number of fused-ring (bicyclic) bond motifs is 1. The van der Waals surface area contributed by atoms with Crippen LogP contribution in [0.5, 0.6) is 0 Å². The van der Waals surface area contributed by atoms with E-state index in [0.29, 0.717) is 5.56 Å². The van der Waals surface area contributed by atoms with Gasteiger partial charge in [0.05, 0.1) is 6.61 Å². The monoisotopic (exact) mass is 576 g/mol. The number of nitrogens with zero attached hydrogens (tertiary/aromatic N) is 1. The van der Waals surface area contributed by atoms with Crippen molar-refractivity contribution in [2.45, 2.75) is 56.3 Å². The first-order valence-electron chi connectivity index (χ1n) is 12.8. The lowest BCUT2D eigenvalue weighted by Gasteiger charge is -2.25. The predicted octanol–water partition coefficient (Wildman–Crippen LogP) is -2.51. The second-order valence-corrected chi connectivity index (χ2v) is 9.26. The standard InChI is InChI=1S/C25H36N8O8/c26-15(12-34)21(37)31-18(7-8-20(35)36)23(39)32-17(6-3-9-29-25(27)28)22(38)33-19(24(40)41)10-13-11-30-16-5-2-1-4-14(13)16/h1-2,4-5,11,15,17-19,30,34H,3,6-10,12,26H2,(H,31,37)(H,32,39)(H,33,38)(H,35,36)(H,40,41)(H4,27,28,29). The van der Waals surface area contributed by atoms with E-state index in [-0.39, 0.29) is 38.2 Å². The molecule has 1 heterocycles. The minimum absolute atomic E-state index is 0.0243. The third-order valence-electron chi connectivity index (χ3n) is 6.11. The Balaban J connectivity index is 2.23. The first-order chi connectivity index (χ1) is 19.4. The highest BCUT2D eigenvalue weighted by atomic mass is 16.4. The molecule has 4 unspecified atom stereocenters. The van der Waals surface area contributed by atoms with Crippen molar-refractivity contribution in [3.8, 4) is 0 Å². The van der Waals surface area contributed by atoms with E-state index in [9.17, 15) is 29.1 Å². The maximum absolute atomic E-state index is 13.3. The first-order valence-corrected chi connectivity index (χ1v) is 12.8. The molecule has 0 aliphatic carbocycles. The van der Waals surface area contributed by atoms with Gasteiger partial charge in [-0.2, -0.15) is 0 Å². The van der Waals surface area contributed by atoms with Gasteiger partial charge < -0.3 is 53.5 Å². The largest absolute Gasteiger partial charge is 0.481 e. The quantitative estimate of drug-likeness (QED) is 0.0533. The van der Waals surface area contributed by atoms with Crippen LogP contribution in [0.3, 0.4) is 0 Å². The molecule has 3 amide bonds. The van der Waals surface area contributed by atoms with E-state index >= 15 is 0 Å². The number of hydrogen-bond acceptors (Lipinski definition) is 8. The number of H-pyrrole nitrogens is 1. The molecule has 2 rings (SSSR count). The average Bonchev–Trinajstić information content (AvgIpc) is 3.33. The number of rotatable bonds is 17. The molecule has 224 valence electrons. The number of guanidine groups is 1. The Morgan fingerprint density at radius 2 is 1.51 bits per heavy atom. The van der Waals surface area contributed by atoms with Crippen LogP contribution in [0.25, 0.3) is 10.9 Å². The number of carboxylic acids is 2. The fourth-order valence-corrected chi connectivity index (χ4v) is 3.94. The van der Waals surface area contributed by atoms with E-state index in [0.717, 1.165) is 10.9 Å². The van der Waals surface area contributed by atoms with E-state index in [1.165, 1.54) is 0 Å². The lowest BCUT2D eigenvalue weighted by Crippen LogP contribution is -2.57. The zero-order valence-electron chi connectivity index (χ0n) is 22.2. The van der Waals surface area contributed by atoms with Gasteiger partial charge in [-0.25, -0.2) is 4.79 Å². The van der Waals surface area contributed by atoms with Gasteiger partial charge in [-0.1, -0.05) is 18.2 Å². The summed E-state index contributed by atoms with van der Waals surface area (Å²) in [7, 11) is 0. The number of para-hydroxylation sites is 1. The van der Waals surface area contributed by atoms with E-state index in [4.69, 9.17) is 27.4 Å². The van der Waals surface area contributed by atoms with Crippen LogP contribution in [0.4, 0.5) is 0 Å². The molecule has 0 aliphatic rings. The van der Waals surface area contributed by atoms with Gasteiger partial charge in [0.2, 0.25) is 17.7 Å². The Hall–Kier alpha value is -4.70. The number of carbonyl (C=O) groups is 5. The molecule has 0 aliphatic heterocycles. The predicted molar refractivity (Wildman–Crippen MR) is 147 cm³/mol. The van der Waals surface area contributed by atoms with Gasteiger partial charge in [0.25, 0.3) is 0 Å². The summed E-state index contributed by atoms with van der Waals surface area (Å²) in [6, 6.07) is 1.81. The molecule has 1 aromatic carbocycles. The third-order valence-corrected chi connectivity index (χ3v) is 6.11. The van der Waals surface area contributed by atoms with E-state index in [2.05, 4.69) is 25.9 Å².